The summed E-state index contributed by atoms with van der Waals surface area (Å²) in [6, 6.07) is 7.84. The van der Waals surface area contributed by atoms with Crippen LogP contribution in [-0.4, -0.2) is 9.19 Å². The van der Waals surface area contributed by atoms with Crippen molar-refractivity contribution in [2.75, 3.05) is 0 Å². The van der Waals surface area contributed by atoms with Crippen LogP contribution >= 0.6 is 15.9 Å². The van der Waals surface area contributed by atoms with Crippen molar-refractivity contribution >= 4 is 26.7 Å². The van der Waals surface area contributed by atoms with Gasteiger partial charge in [0.15, 0.2) is 0 Å². The van der Waals surface area contributed by atoms with Crippen molar-refractivity contribution in [3.8, 4) is 0 Å². The Kier molecular flexibility index (Phi) is 4.35. The van der Waals surface area contributed by atoms with E-state index in [2.05, 4.69) is 20.9 Å². The fourth-order valence-corrected chi connectivity index (χ4v) is 3.10. The molecule has 0 amide bonds. The zero-order valence-electron chi connectivity index (χ0n) is 10.3. The van der Waals surface area contributed by atoms with Crippen LogP contribution in [-0.2, 0) is 22.3 Å². The molecule has 18 heavy (non-hydrogen) atoms. The Balaban J connectivity index is 2.01. The molecular formula is C13H14BrNO2S. The average molecular weight is 328 g/mol. The molecule has 2 aromatic rings. The topological polar surface area (TPSA) is 43.1 Å². The first-order valence-corrected chi connectivity index (χ1v) is 7.85. The maximum absolute atomic E-state index is 12.0. The summed E-state index contributed by atoms with van der Waals surface area (Å²) in [4.78, 5) is 4.24. The molecule has 1 atom stereocenters. The standard InChI is InChI=1S/C13H14BrNO2S/c1-9-10(2)17-13(15-9)8-18(16)7-11-4-3-5-12(14)6-11/h3-6H,7-8H2,1-2H3. The maximum Gasteiger partial charge on any atom is 0.207 e. The molecule has 0 aliphatic carbocycles. The number of hydrogen-bond acceptors (Lipinski definition) is 3. The van der Waals surface area contributed by atoms with Gasteiger partial charge in [0.25, 0.3) is 0 Å². The lowest BCUT2D eigenvalue weighted by Crippen LogP contribution is -1.99. The van der Waals surface area contributed by atoms with Crippen LogP contribution in [0.15, 0.2) is 33.2 Å². The van der Waals surface area contributed by atoms with Gasteiger partial charge in [-0.15, -0.1) is 0 Å². The van der Waals surface area contributed by atoms with Crippen LogP contribution in [0.3, 0.4) is 0 Å². The number of rotatable bonds is 4. The summed E-state index contributed by atoms with van der Waals surface area (Å²) in [6.07, 6.45) is 0. The van der Waals surface area contributed by atoms with Gasteiger partial charge in [-0.1, -0.05) is 28.1 Å². The zero-order chi connectivity index (χ0) is 13.1. The summed E-state index contributed by atoms with van der Waals surface area (Å²) in [6.45, 7) is 3.75. The first-order valence-electron chi connectivity index (χ1n) is 5.57. The highest BCUT2D eigenvalue weighted by Crippen LogP contribution is 2.15. The molecule has 0 bridgehead atoms. The summed E-state index contributed by atoms with van der Waals surface area (Å²) in [5, 5.41) is 0. The lowest BCUT2D eigenvalue weighted by atomic mass is 10.2. The normalized spacial score (nSPS) is 12.6. The third-order valence-corrected chi connectivity index (χ3v) is 4.29. The Hall–Kier alpha value is -0.940. The predicted molar refractivity (Wildman–Crippen MR) is 75.7 cm³/mol. The van der Waals surface area contributed by atoms with Gasteiger partial charge in [0.1, 0.15) is 11.5 Å². The zero-order valence-corrected chi connectivity index (χ0v) is 12.7. The highest BCUT2D eigenvalue weighted by molar-refractivity contribution is 9.10. The van der Waals surface area contributed by atoms with E-state index in [1.807, 2.05) is 38.1 Å². The van der Waals surface area contributed by atoms with Crippen LogP contribution in [0, 0.1) is 13.8 Å². The van der Waals surface area contributed by atoms with Gasteiger partial charge < -0.3 is 4.42 Å². The van der Waals surface area contributed by atoms with E-state index in [0.29, 0.717) is 17.4 Å². The van der Waals surface area contributed by atoms with Crippen molar-refractivity contribution in [1.29, 1.82) is 0 Å². The van der Waals surface area contributed by atoms with Crippen LogP contribution in [0.1, 0.15) is 22.9 Å². The monoisotopic (exact) mass is 327 g/mol. The second kappa shape index (κ2) is 5.80. The molecule has 0 radical (unpaired) electrons. The predicted octanol–water partition coefficient (Wildman–Crippen LogP) is 3.50. The molecule has 0 aliphatic heterocycles. The lowest BCUT2D eigenvalue weighted by molar-refractivity contribution is 0.487. The van der Waals surface area contributed by atoms with Crippen LogP contribution in [0.25, 0.3) is 0 Å². The lowest BCUT2D eigenvalue weighted by Gasteiger charge is -2.01. The molecule has 0 N–H and O–H groups in total. The molecule has 2 rings (SSSR count). The Labute approximate surface area is 117 Å². The van der Waals surface area contributed by atoms with Crippen LogP contribution in [0.5, 0.6) is 0 Å². The molecule has 1 aromatic heterocycles. The average Bonchev–Trinajstić information content (AvgIpc) is 2.57. The highest BCUT2D eigenvalue weighted by atomic mass is 79.9. The number of oxazole rings is 1. The molecule has 0 aliphatic rings. The van der Waals surface area contributed by atoms with Crippen LogP contribution in [0.4, 0.5) is 0 Å². The van der Waals surface area contributed by atoms with Gasteiger partial charge in [0.05, 0.1) is 5.69 Å². The van der Waals surface area contributed by atoms with Crippen LogP contribution in [0.2, 0.25) is 0 Å². The quantitative estimate of drug-likeness (QED) is 0.863. The molecule has 0 fully saturated rings. The number of nitrogens with zero attached hydrogens (tertiary/aromatic N) is 1. The SMILES string of the molecule is Cc1nc(CS(=O)Cc2cccc(Br)c2)oc1C. The van der Waals surface area contributed by atoms with E-state index in [1.54, 1.807) is 0 Å². The van der Waals surface area contributed by atoms with Crippen molar-refractivity contribution in [2.45, 2.75) is 25.4 Å². The highest BCUT2D eigenvalue weighted by Gasteiger charge is 2.10. The minimum absolute atomic E-state index is 0.362. The first-order chi connectivity index (χ1) is 8.54. The molecule has 5 heteroatoms. The summed E-state index contributed by atoms with van der Waals surface area (Å²) in [5.74, 6) is 2.23. The summed E-state index contributed by atoms with van der Waals surface area (Å²) < 4.78 is 18.4. The molecule has 1 heterocycles. The molecule has 0 spiro atoms. The van der Waals surface area contributed by atoms with Gasteiger partial charge in [-0.25, -0.2) is 4.98 Å². The second-order valence-corrected chi connectivity index (χ2v) is 6.48. The van der Waals surface area contributed by atoms with Gasteiger partial charge in [-0.3, -0.25) is 4.21 Å². The fourth-order valence-electron chi connectivity index (χ4n) is 1.60. The van der Waals surface area contributed by atoms with Crippen molar-refractivity contribution in [3.63, 3.8) is 0 Å². The fraction of sp³-hybridized carbons (Fsp3) is 0.308. The van der Waals surface area contributed by atoms with Crippen molar-refractivity contribution < 1.29 is 8.63 Å². The van der Waals surface area contributed by atoms with E-state index in [1.165, 1.54) is 0 Å². The van der Waals surface area contributed by atoms with Gasteiger partial charge in [0, 0.05) is 21.0 Å². The van der Waals surface area contributed by atoms with E-state index < -0.39 is 10.8 Å². The number of benzene rings is 1. The third kappa shape index (κ3) is 3.53. The minimum atomic E-state index is -1.00. The first kappa shape index (κ1) is 13.5. The summed E-state index contributed by atoms with van der Waals surface area (Å²) in [7, 11) is -1.00. The molecule has 1 unspecified atom stereocenters. The minimum Gasteiger partial charge on any atom is -0.445 e. The Morgan fingerprint density at radius 3 is 2.72 bits per heavy atom. The number of halogens is 1. The number of hydrogen-bond donors (Lipinski definition) is 0. The Morgan fingerprint density at radius 1 is 1.33 bits per heavy atom. The van der Waals surface area contributed by atoms with E-state index in [-0.39, 0.29) is 0 Å². The number of aryl methyl sites for hydroxylation is 2. The van der Waals surface area contributed by atoms with Gasteiger partial charge >= 0.3 is 0 Å². The Bertz CT molecular complexity index is 561. The van der Waals surface area contributed by atoms with Crippen molar-refractivity contribution in [3.05, 3.63) is 51.6 Å². The molecule has 0 saturated carbocycles. The maximum atomic E-state index is 12.0. The molecule has 96 valence electrons. The summed E-state index contributed by atoms with van der Waals surface area (Å²) >= 11 is 3.40. The van der Waals surface area contributed by atoms with Crippen molar-refractivity contribution in [2.24, 2.45) is 0 Å². The van der Waals surface area contributed by atoms with E-state index in [9.17, 15) is 4.21 Å². The van der Waals surface area contributed by atoms with Gasteiger partial charge in [0.2, 0.25) is 5.89 Å². The number of aromatic nitrogens is 1. The summed E-state index contributed by atoms with van der Waals surface area (Å²) in [5.41, 5.74) is 1.91. The molecular weight excluding hydrogens is 314 g/mol. The molecule has 1 aromatic carbocycles. The van der Waals surface area contributed by atoms with E-state index in [4.69, 9.17) is 4.42 Å². The smallest absolute Gasteiger partial charge is 0.207 e. The van der Waals surface area contributed by atoms with Crippen LogP contribution < -0.4 is 0 Å². The van der Waals surface area contributed by atoms with Gasteiger partial charge in [-0.05, 0) is 31.5 Å². The van der Waals surface area contributed by atoms with Gasteiger partial charge in [-0.2, -0.15) is 0 Å². The van der Waals surface area contributed by atoms with E-state index in [0.717, 1.165) is 21.5 Å². The molecule has 3 nitrogen and oxygen atoms in total. The van der Waals surface area contributed by atoms with Crippen molar-refractivity contribution in [1.82, 2.24) is 4.98 Å². The second-order valence-electron chi connectivity index (χ2n) is 4.11. The third-order valence-electron chi connectivity index (χ3n) is 2.57. The van der Waals surface area contributed by atoms with E-state index >= 15 is 0 Å². The Morgan fingerprint density at radius 2 is 2.11 bits per heavy atom. The molecule has 0 saturated heterocycles. The largest absolute Gasteiger partial charge is 0.445 e.